The second kappa shape index (κ2) is 3.85. The number of benzene rings is 1. The normalized spacial score (nSPS) is 25.9. The summed E-state index contributed by atoms with van der Waals surface area (Å²) in [5.74, 6) is -3.64. The van der Waals surface area contributed by atoms with Gasteiger partial charge in [0.05, 0.1) is 0 Å². The maximum Gasteiger partial charge on any atom is 0.194 e. The van der Waals surface area contributed by atoms with E-state index in [1.54, 1.807) is 0 Å². The molecule has 1 nitrogen and oxygen atoms in total. The Kier molecular flexibility index (Phi) is 2.69. The Morgan fingerprint density at radius 2 is 1.73 bits per heavy atom. The SMILES string of the molecule is CC1CCC(c2cc(F)c(F)c(F)c2)N1. The summed E-state index contributed by atoms with van der Waals surface area (Å²) >= 11 is 0. The molecule has 2 unspecified atom stereocenters. The molecule has 1 aromatic carbocycles. The van der Waals surface area contributed by atoms with Crippen LogP contribution in [0.2, 0.25) is 0 Å². The van der Waals surface area contributed by atoms with Crippen molar-refractivity contribution >= 4 is 0 Å². The highest BCUT2D eigenvalue weighted by molar-refractivity contribution is 5.23. The van der Waals surface area contributed by atoms with Gasteiger partial charge in [-0.3, -0.25) is 0 Å². The molecule has 0 radical (unpaired) electrons. The Hall–Kier alpha value is -1.03. The molecule has 0 saturated carbocycles. The fourth-order valence-electron chi connectivity index (χ4n) is 1.97. The summed E-state index contributed by atoms with van der Waals surface area (Å²) in [5, 5.41) is 3.19. The fourth-order valence-corrected chi connectivity index (χ4v) is 1.97. The minimum absolute atomic E-state index is 0.0652. The first-order chi connectivity index (χ1) is 7.08. The van der Waals surface area contributed by atoms with Gasteiger partial charge < -0.3 is 5.32 Å². The molecular formula is C11H12F3N. The largest absolute Gasteiger partial charge is 0.307 e. The van der Waals surface area contributed by atoms with Gasteiger partial charge in [-0.1, -0.05) is 0 Å². The predicted octanol–water partition coefficient (Wildman–Crippen LogP) is 2.92. The van der Waals surface area contributed by atoms with Crippen LogP contribution in [0.5, 0.6) is 0 Å². The van der Waals surface area contributed by atoms with Gasteiger partial charge in [0.1, 0.15) is 0 Å². The molecule has 1 fully saturated rings. The van der Waals surface area contributed by atoms with E-state index in [-0.39, 0.29) is 6.04 Å². The maximum atomic E-state index is 12.9. The molecule has 1 heterocycles. The van der Waals surface area contributed by atoms with Crippen molar-refractivity contribution in [2.45, 2.75) is 31.8 Å². The van der Waals surface area contributed by atoms with Crippen molar-refractivity contribution in [3.8, 4) is 0 Å². The molecule has 1 aromatic rings. The third kappa shape index (κ3) is 2.00. The second-order valence-electron chi connectivity index (χ2n) is 4.00. The lowest BCUT2D eigenvalue weighted by molar-refractivity contribution is 0.441. The van der Waals surface area contributed by atoms with E-state index in [4.69, 9.17) is 0 Å². The lowest BCUT2D eigenvalue weighted by Gasteiger charge is -2.12. The molecule has 0 aromatic heterocycles. The van der Waals surface area contributed by atoms with Crippen molar-refractivity contribution in [1.82, 2.24) is 5.32 Å². The van der Waals surface area contributed by atoms with Gasteiger partial charge in [0.2, 0.25) is 0 Å². The number of rotatable bonds is 1. The molecule has 0 aliphatic carbocycles. The highest BCUT2D eigenvalue weighted by atomic mass is 19.2. The van der Waals surface area contributed by atoms with Gasteiger partial charge in [-0.15, -0.1) is 0 Å². The number of hydrogen-bond donors (Lipinski definition) is 1. The van der Waals surface area contributed by atoms with Crippen LogP contribution < -0.4 is 5.32 Å². The Morgan fingerprint density at radius 1 is 1.13 bits per heavy atom. The number of hydrogen-bond acceptors (Lipinski definition) is 1. The summed E-state index contributed by atoms with van der Waals surface area (Å²) in [7, 11) is 0. The lowest BCUT2D eigenvalue weighted by Crippen LogP contribution is -2.21. The molecule has 4 heteroatoms. The van der Waals surface area contributed by atoms with Crippen LogP contribution in [0.1, 0.15) is 31.4 Å². The molecule has 2 rings (SSSR count). The van der Waals surface area contributed by atoms with Gasteiger partial charge in [-0.2, -0.15) is 0 Å². The van der Waals surface area contributed by atoms with E-state index >= 15 is 0 Å². The molecule has 0 bridgehead atoms. The van der Waals surface area contributed by atoms with Gasteiger partial charge in [0.15, 0.2) is 17.5 Å². The Morgan fingerprint density at radius 3 is 2.20 bits per heavy atom. The molecule has 0 amide bonds. The summed E-state index contributed by atoms with van der Waals surface area (Å²) in [6, 6.07) is 2.40. The van der Waals surface area contributed by atoms with Crippen LogP contribution in [0.15, 0.2) is 12.1 Å². The molecule has 1 saturated heterocycles. The van der Waals surface area contributed by atoms with Crippen molar-refractivity contribution in [3.63, 3.8) is 0 Å². The van der Waals surface area contributed by atoms with Crippen LogP contribution in [0.4, 0.5) is 13.2 Å². The van der Waals surface area contributed by atoms with Crippen LogP contribution in [-0.2, 0) is 0 Å². The third-order valence-corrected chi connectivity index (χ3v) is 2.78. The van der Waals surface area contributed by atoms with Crippen LogP contribution >= 0.6 is 0 Å². The average Bonchev–Trinajstić information content (AvgIpc) is 2.60. The van der Waals surface area contributed by atoms with E-state index in [1.165, 1.54) is 0 Å². The first-order valence-electron chi connectivity index (χ1n) is 4.98. The highest BCUT2D eigenvalue weighted by Gasteiger charge is 2.23. The summed E-state index contributed by atoms with van der Waals surface area (Å²) in [6.07, 6.45) is 1.79. The van der Waals surface area contributed by atoms with Crippen molar-refractivity contribution in [2.24, 2.45) is 0 Å². The van der Waals surface area contributed by atoms with Gasteiger partial charge >= 0.3 is 0 Å². The molecular weight excluding hydrogens is 203 g/mol. The highest BCUT2D eigenvalue weighted by Crippen LogP contribution is 2.28. The van der Waals surface area contributed by atoms with E-state index in [0.717, 1.165) is 25.0 Å². The van der Waals surface area contributed by atoms with Crippen LogP contribution in [0.25, 0.3) is 0 Å². The van der Waals surface area contributed by atoms with E-state index < -0.39 is 17.5 Å². The summed E-state index contributed by atoms with van der Waals surface area (Å²) < 4.78 is 38.6. The zero-order chi connectivity index (χ0) is 11.0. The smallest absolute Gasteiger partial charge is 0.194 e. The summed E-state index contributed by atoms with van der Waals surface area (Å²) in [6.45, 7) is 2.01. The number of halogens is 3. The second-order valence-corrected chi connectivity index (χ2v) is 4.00. The van der Waals surface area contributed by atoms with Crippen LogP contribution in [0, 0.1) is 17.5 Å². The fraction of sp³-hybridized carbons (Fsp3) is 0.455. The Bertz CT molecular complexity index is 355. The van der Waals surface area contributed by atoms with Crippen molar-refractivity contribution < 1.29 is 13.2 Å². The monoisotopic (exact) mass is 215 g/mol. The van der Waals surface area contributed by atoms with Crippen molar-refractivity contribution in [2.75, 3.05) is 0 Å². The molecule has 15 heavy (non-hydrogen) atoms. The van der Waals surface area contributed by atoms with E-state index in [2.05, 4.69) is 5.32 Å². The van der Waals surface area contributed by atoms with Gasteiger partial charge in [0.25, 0.3) is 0 Å². The van der Waals surface area contributed by atoms with Gasteiger partial charge in [-0.25, -0.2) is 13.2 Å². The van der Waals surface area contributed by atoms with Crippen LogP contribution in [-0.4, -0.2) is 6.04 Å². The van der Waals surface area contributed by atoms with Crippen molar-refractivity contribution in [3.05, 3.63) is 35.1 Å². The molecule has 0 spiro atoms. The molecule has 1 aliphatic rings. The van der Waals surface area contributed by atoms with E-state index in [9.17, 15) is 13.2 Å². The van der Waals surface area contributed by atoms with Crippen LogP contribution in [0.3, 0.4) is 0 Å². The Balaban J connectivity index is 2.29. The molecule has 82 valence electrons. The zero-order valence-corrected chi connectivity index (χ0v) is 8.36. The predicted molar refractivity (Wildman–Crippen MR) is 50.9 cm³/mol. The zero-order valence-electron chi connectivity index (χ0n) is 8.36. The quantitative estimate of drug-likeness (QED) is 0.710. The van der Waals surface area contributed by atoms with E-state index in [1.807, 2.05) is 6.92 Å². The summed E-state index contributed by atoms with van der Waals surface area (Å²) in [5.41, 5.74) is 0.482. The number of nitrogens with one attached hydrogen (secondary N) is 1. The Labute approximate surface area is 86.3 Å². The maximum absolute atomic E-state index is 12.9. The average molecular weight is 215 g/mol. The van der Waals surface area contributed by atoms with E-state index in [0.29, 0.717) is 11.6 Å². The van der Waals surface area contributed by atoms with Gasteiger partial charge in [-0.05, 0) is 37.5 Å². The molecule has 1 N–H and O–H groups in total. The summed E-state index contributed by atoms with van der Waals surface area (Å²) in [4.78, 5) is 0. The topological polar surface area (TPSA) is 12.0 Å². The first kappa shape index (κ1) is 10.5. The van der Waals surface area contributed by atoms with Crippen molar-refractivity contribution in [1.29, 1.82) is 0 Å². The minimum atomic E-state index is -1.40. The standard InChI is InChI=1S/C11H12F3N/c1-6-2-3-10(15-6)7-4-8(12)11(14)9(13)5-7/h4-6,10,15H,2-3H2,1H3. The minimum Gasteiger partial charge on any atom is -0.307 e. The van der Waals surface area contributed by atoms with Gasteiger partial charge in [0, 0.05) is 12.1 Å². The molecule has 1 aliphatic heterocycles. The molecule has 2 atom stereocenters. The third-order valence-electron chi connectivity index (χ3n) is 2.78. The first-order valence-corrected chi connectivity index (χ1v) is 4.98. The lowest BCUT2D eigenvalue weighted by atomic mass is 10.0.